The van der Waals surface area contributed by atoms with E-state index in [0.717, 1.165) is 94.9 Å². The van der Waals surface area contributed by atoms with Gasteiger partial charge in [-0.2, -0.15) is 0 Å². The Morgan fingerprint density at radius 1 is 0.415 bits per heavy atom. The first-order valence-corrected chi connectivity index (χ1v) is 17.7. The average molecular weight is 693 g/mol. The third-order valence-electron chi connectivity index (χ3n) is 9.78. The number of aromatic nitrogens is 4. The van der Waals surface area contributed by atoms with Crippen molar-refractivity contribution in [3.8, 4) is 44.5 Å². The van der Waals surface area contributed by atoms with E-state index in [1.54, 1.807) is 0 Å². The molecule has 0 amide bonds. The molecule has 0 saturated carbocycles. The fourth-order valence-corrected chi connectivity index (χ4v) is 7.30. The van der Waals surface area contributed by atoms with E-state index in [1.165, 1.54) is 5.56 Å². The number of allylic oxidation sites excluding steroid dienone is 1. The van der Waals surface area contributed by atoms with Crippen LogP contribution in [0.5, 0.6) is 0 Å². The molecule has 2 aliphatic heterocycles. The van der Waals surface area contributed by atoms with Crippen molar-refractivity contribution in [3.63, 3.8) is 0 Å². The maximum absolute atomic E-state index is 5.40. The molecule has 4 aromatic carbocycles. The summed E-state index contributed by atoms with van der Waals surface area (Å²) in [5.41, 5.74) is 18.5. The molecule has 5 heteroatoms. The summed E-state index contributed by atoms with van der Waals surface area (Å²) in [6.07, 6.45) is 12.9. The Morgan fingerprint density at radius 2 is 0.755 bits per heavy atom. The predicted molar refractivity (Wildman–Crippen MR) is 221 cm³/mol. The van der Waals surface area contributed by atoms with E-state index in [-0.39, 0.29) is 23.1 Å². The summed E-state index contributed by atoms with van der Waals surface area (Å²) in [5, 5.41) is 0. The average Bonchev–Trinajstić information content (AvgIpc) is 4.02. The van der Waals surface area contributed by atoms with Gasteiger partial charge < -0.3 is 9.97 Å². The van der Waals surface area contributed by atoms with Crippen LogP contribution >= 0.6 is 0 Å². The van der Waals surface area contributed by atoms with Crippen molar-refractivity contribution in [1.29, 1.82) is 0 Å². The van der Waals surface area contributed by atoms with Crippen LogP contribution in [-0.2, 0) is 0 Å². The molecule has 0 saturated heterocycles. The second kappa shape index (κ2) is 14.5. The number of rotatable bonds is 5. The molecule has 8 bridgehead atoms. The van der Waals surface area contributed by atoms with Gasteiger partial charge in [-0.3, -0.25) is 0 Å². The van der Waals surface area contributed by atoms with E-state index in [2.05, 4.69) is 187 Å². The Kier molecular flexibility index (Phi) is 9.36. The van der Waals surface area contributed by atoms with Gasteiger partial charge in [-0.05, 0) is 41.7 Å². The van der Waals surface area contributed by atoms with Crippen molar-refractivity contribution in [2.24, 2.45) is 0 Å². The van der Waals surface area contributed by atoms with E-state index < -0.39 is 0 Å². The number of H-pyrrole nitrogens is 2. The summed E-state index contributed by atoms with van der Waals surface area (Å²) in [6, 6.07) is 47.0. The smallest absolute Gasteiger partial charge is 0.656 e. The molecule has 3 aromatic heterocycles. The summed E-state index contributed by atoms with van der Waals surface area (Å²) in [4.78, 5) is 18.5. The first kappa shape index (κ1) is 34.1. The van der Waals surface area contributed by atoms with Crippen molar-refractivity contribution < 1.29 is 9.97 Å². The first-order valence-electron chi connectivity index (χ1n) is 17.7. The van der Waals surface area contributed by atoms with Crippen molar-refractivity contribution in [1.82, 2.24) is 9.97 Å². The second-order valence-corrected chi connectivity index (χ2v) is 13.2. The molecule has 2 aliphatic rings. The van der Waals surface area contributed by atoms with Crippen LogP contribution in [0.1, 0.15) is 40.8 Å². The maximum Gasteiger partial charge on any atom is 2.00 e. The largest absolute Gasteiger partial charge is 2.00 e. The molecule has 4 nitrogen and oxygen atoms in total. The van der Waals surface area contributed by atoms with Gasteiger partial charge in [-0.15, -0.1) is 22.1 Å². The molecule has 0 unspecified atom stereocenters. The quantitative estimate of drug-likeness (QED) is 0.169. The summed E-state index contributed by atoms with van der Waals surface area (Å²) in [5.74, 6) is 0. The molecule has 5 heterocycles. The fraction of sp³-hybridized carbons (Fsp3) is 0.0417. The van der Waals surface area contributed by atoms with Gasteiger partial charge in [0.25, 0.3) is 0 Å². The molecule has 53 heavy (non-hydrogen) atoms. The van der Waals surface area contributed by atoms with Crippen LogP contribution in [-0.4, -0.2) is 23.1 Å². The predicted octanol–water partition coefficient (Wildman–Crippen LogP) is 10.4. The van der Waals surface area contributed by atoms with Crippen LogP contribution in [0.15, 0.2) is 140 Å². The Labute approximate surface area is 325 Å². The minimum absolute atomic E-state index is 0. The number of fused-ring (bicyclic) bond motifs is 8. The zero-order valence-corrected chi connectivity index (χ0v) is 31.2. The number of hydrogen-bond acceptors (Lipinski definition) is 0. The maximum atomic E-state index is 5.40. The first-order chi connectivity index (χ1) is 25.6. The molecule has 7 aromatic rings. The van der Waals surface area contributed by atoms with Crippen LogP contribution in [0.4, 0.5) is 0 Å². The summed E-state index contributed by atoms with van der Waals surface area (Å²) in [6.45, 7) is 4.16. The van der Waals surface area contributed by atoms with Gasteiger partial charge in [0.1, 0.15) is 0 Å². The SMILES string of the molecule is C/C=C/c1ccc(-c2c3[nH+]c(c(-c4ccccc4)c4ccc([n-]4)c(-c4ccc(C)cc4)c4[nH+]c(c(-c5ccccc5)c5ccc2[n-]5)C=C4)C=C3)cc1.[Mg+2]. The fourth-order valence-electron chi connectivity index (χ4n) is 7.30. The van der Waals surface area contributed by atoms with Gasteiger partial charge in [-0.1, -0.05) is 151 Å². The topological polar surface area (TPSA) is 56.5 Å². The van der Waals surface area contributed by atoms with Gasteiger partial charge in [0, 0.05) is 46.6 Å². The van der Waals surface area contributed by atoms with Crippen molar-refractivity contribution >= 4 is 75.5 Å². The molecule has 0 aliphatic carbocycles. The molecule has 0 atom stereocenters. The van der Waals surface area contributed by atoms with Crippen LogP contribution in [0.3, 0.4) is 0 Å². The number of hydrogen-bond donors (Lipinski definition) is 0. The minimum atomic E-state index is 0. The van der Waals surface area contributed by atoms with Crippen LogP contribution in [0.2, 0.25) is 0 Å². The van der Waals surface area contributed by atoms with Crippen molar-refractivity contribution in [3.05, 3.63) is 173 Å². The Morgan fingerprint density at radius 3 is 1.11 bits per heavy atom. The van der Waals surface area contributed by atoms with Crippen LogP contribution < -0.4 is 19.9 Å². The Hall–Kier alpha value is -6.01. The van der Waals surface area contributed by atoms with E-state index in [9.17, 15) is 0 Å². The molecule has 9 rings (SSSR count). The van der Waals surface area contributed by atoms with Gasteiger partial charge in [0.15, 0.2) is 0 Å². The van der Waals surface area contributed by atoms with Crippen molar-refractivity contribution in [2.75, 3.05) is 0 Å². The molecule has 248 valence electrons. The molecular weight excluding hydrogens is 657 g/mol. The molecule has 0 radical (unpaired) electrons. The summed E-state index contributed by atoms with van der Waals surface area (Å²) < 4.78 is 0. The third kappa shape index (κ3) is 6.50. The molecule has 2 N–H and O–H groups in total. The van der Waals surface area contributed by atoms with Gasteiger partial charge in [0.2, 0.25) is 22.8 Å². The van der Waals surface area contributed by atoms with E-state index in [1.807, 2.05) is 6.92 Å². The Bertz CT molecular complexity index is 2680. The summed E-state index contributed by atoms with van der Waals surface area (Å²) in [7, 11) is 0. The zero-order valence-electron chi connectivity index (χ0n) is 29.8. The normalized spacial score (nSPS) is 12.0. The van der Waals surface area contributed by atoms with E-state index >= 15 is 0 Å². The van der Waals surface area contributed by atoms with E-state index in [0.29, 0.717) is 0 Å². The van der Waals surface area contributed by atoms with E-state index in [4.69, 9.17) is 9.97 Å². The number of benzene rings is 4. The summed E-state index contributed by atoms with van der Waals surface area (Å²) >= 11 is 0. The van der Waals surface area contributed by atoms with Crippen molar-refractivity contribution in [2.45, 2.75) is 13.8 Å². The standard InChI is InChI=1S/C48H34N4.Mg/c1-3-10-32-17-21-36(22-18-32)48-43-29-25-39(51-43)45(33-11-6-4-7-12-33)37-23-27-41(49-37)47(35-19-15-31(2)16-20-35)42-28-24-38(50-42)46(34-13-8-5-9-14-34)40-26-30-44(48)52-40;/h3-30H,1-2H3;/q-2;+2/p+2/b10-3+,45-37?,45-39?,46-38?,46-40?,47-41?,47-42?,48-43?,48-44?;. The number of nitrogens with zero attached hydrogens (tertiary/aromatic N) is 2. The van der Waals surface area contributed by atoms with Gasteiger partial charge in [0.05, 0.1) is 0 Å². The van der Waals surface area contributed by atoms with Crippen LogP contribution in [0.25, 0.3) is 97.0 Å². The Balaban J connectivity index is 0.00000400. The third-order valence-corrected chi connectivity index (χ3v) is 9.78. The minimum Gasteiger partial charge on any atom is -0.656 e. The van der Waals surface area contributed by atoms with Gasteiger partial charge >= 0.3 is 23.1 Å². The van der Waals surface area contributed by atoms with Crippen LogP contribution in [0, 0.1) is 6.92 Å². The zero-order chi connectivity index (χ0) is 35.0. The number of nitrogens with one attached hydrogen (secondary N) is 2. The molecular formula is C48H36MgN4+2. The second-order valence-electron chi connectivity index (χ2n) is 13.2. The number of aryl methyl sites for hydroxylation is 1. The number of aromatic amines is 2. The monoisotopic (exact) mass is 692 g/mol. The van der Waals surface area contributed by atoms with Gasteiger partial charge in [-0.25, -0.2) is 9.97 Å². The molecule has 0 spiro atoms. The molecule has 0 fully saturated rings.